The van der Waals surface area contributed by atoms with Gasteiger partial charge in [-0.05, 0) is 37.2 Å². The molecule has 0 saturated carbocycles. The minimum Gasteiger partial charge on any atom is -0.381 e. The summed E-state index contributed by atoms with van der Waals surface area (Å²) in [4.78, 5) is 11.8. The lowest BCUT2D eigenvalue weighted by molar-refractivity contribution is -0.122. The monoisotopic (exact) mass is 261 g/mol. The van der Waals surface area contributed by atoms with Crippen molar-refractivity contribution in [2.45, 2.75) is 32.1 Å². The highest BCUT2D eigenvalue weighted by atomic mass is 16.5. The molecular formula is C16H23NO2. The lowest BCUT2D eigenvalue weighted by Gasteiger charge is -2.21. The topological polar surface area (TPSA) is 38.3 Å². The molecule has 3 heteroatoms. The Balaban J connectivity index is 1.56. The molecule has 1 heterocycles. The second-order valence-corrected chi connectivity index (χ2v) is 5.20. The summed E-state index contributed by atoms with van der Waals surface area (Å²) in [7, 11) is 0. The molecular weight excluding hydrogens is 238 g/mol. The maximum atomic E-state index is 11.8. The van der Waals surface area contributed by atoms with E-state index in [0.717, 1.165) is 45.4 Å². The predicted octanol–water partition coefficient (Wildman–Crippen LogP) is 2.55. The number of amides is 1. The van der Waals surface area contributed by atoms with Crippen molar-refractivity contribution in [3.8, 4) is 0 Å². The average molecular weight is 261 g/mol. The number of rotatable bonds is 6. The Hall–Kier alpha value is -1.35. The zero-order valence-electron chi connectivity index (χ0n) is 11.4. The van der Waals surface area contributed by atoms with Gasteiger partial charge in [0.25, 0.3) is 0 Å². The van der Waals surface area contributed by atoms with Gasteiger partial charge < -0.3 is 10.1 Å². The molecule has 3 nitrogen and oxygen atoms in total. The third-order valence-corrected chi connectivity index (χ3v) is 3.62. The van der Waals surface area contributed by atoms with Crippen molar-refractivity contribution in [2.24, 2.45) is 5.92 Å². The molecule has 2 rings (SSSR count). The Kier molecular flexibility index (Phi) is 5.89. The fourth-order valence-electron chi connectivity index (χ4n) is 2.45. The highest BCUT2D eigenvalue weighted by Gasteiger charge is 2.16. The van der Waals surface area contributed by atoms with E-state index in [1.165, 1.54) is 5.56 Å². The molecule has 19 heavy (non-hydrogen) atoms. The number of nitrogens with one attached hydrogen (secondary N) is 1. The summed E-state index contributed by atoms with van der Waals surface area (Å²) >= 11 is 0. The fourth-order valence-corrected chi connectivity index (χ4v) is 2.45. The molecule has 0 unspecified atom stereocenters. The average Bonchev–Trinajstić information content (AvgIpc) is 2.46. The molecule has 0 spiro atoms. The van der Waals surface area contributed by atoms with Crippen LogP contribution >= 0.6 is 0 Å². The largest absolute Gasteiger partial charge is 0.381 e. The molecule has 0 aliphatic carbocycles. The van der Waals surface area contributed by atoms with Crippen LogP contribution in [0.3, 0.4) is 0 Å². The van der Waals surface area contributed by atoms with Crippen molar-refractivity contribution in [2.75, 3.05) is 19.8 Å². The van der Waals surface area contributed by atoms with Crippen LogP contribution in [-0.2, 0) is 16.0 Å². The summed E-state index contributed by atoms with van der Waals surface area (Å²) in [6.45, 7) is 2.40. The van der Waals surface area contributed by atoms with Gasteiger partial charge in [-0.25, -0.2) is 0 Å². The van der Waals surface area contributed by atoms with Gasteiger partial charge in [-0.2, -0.15) is 0 Å². The van der Waals surface area contributed by atoms with Gasteiger partial charge in [0.05, 0.1) is 0 Å². The van der Waals surface area contributed by atoms with Gasteiger partial charge in [0.15, 0.2) is 0 Å². The standard InChI is InChI=1S/C16H23NO2/c18-16(13-15-8-11-19-12-9-15)17-10-4-7-14-5-2-1-3-6-14/h1-3,5-6,15H,4,7-13H2,(H,17,18). The van der Waals surface area contributed by atoms with Gasteiger partial charge in [0, 0.05) is 26.2 Å². The number of carbonyl (C=O) groups is 1. The van der Waals surface area contributed by atoms with Gasteiger partial charge >= 0.3 is 0 Å². The van der Waals surface area contributed by atoms with Crippen LogP contribution in [0.1, 0.15) is 31.2 Å². The van der Waals surface area contributed by atoms with Crippen LogP contribution in [0, 0.1) is 5.92 Å². The van der Waals surface area contributed by atoms with Gasteiger partial charge in [0.2, 0.25) is 5.91 Å². The molecule has 1 aromatic rings. The van der Waals surface area contributed by atoms with E-state index in [9.17, 15) is 4.79 Å². The molecule has 0 bridgehead atoms. The van der Waals surface area contributed by atoms with Crippen molar-refractivity contribution in [1.29, 1.82) is 0 Å². The molecule has 1 fully saturated rings. The molecule has 1 aliphatic rings. The van der Waals surface area contributed by atoms with E-state index in [1.807, 2.05) is 6.07 Å². The highest BCUT2D eigenvalue weighted by molar-refractivity contribution is 5.76. The summed E-state index contributed by atoms with van der Waals surface area (Å²) in [6, 6.07) is 10.4. The molecule has 104 valence electrons. The number of ether oxygens (including phenoxy) is 1. The first-order valence-corrected chi connectivity index (χ1v) is 7.23. The quantitative estimate of drug-likeness (QED) is 0.799. The summed E-state index contributed by atoms with van der Waals surface area (Å²) in [6.07, 6.45) is 4.74. The normalized spacial score (nSPS) is 16.2. The first kappa shape index (κ1) is 14.1. The van der Waals surface area contributed by atoms with Crippen LogP contribution in [0.15, 0.2) is 30.3 Å². The van der Waals surface area contributed by atoms with Crippen LogP contribution in [0.2, 0.25) is 0 Å². The second-order valence-electron chi connectivity index (χ2n) is 5.20. The molecule has 1 amide bonds. The maximum absolute atomic E-state index is 11.8. The third-order valence-electron chi connectivity index (χ3n) is 3.62. The molecule has 0 atom stereocenters. The van der Waals surface area contributed by atoms with E-state index >= 15 is 0 Å². The van der Waals surface area contributed by atoms with E-state index in [0.29, 0.717) is 12.3 Å². The Morgan fingerprint density at radius 2 is 1.95 bits per heavy atom. The van der Waals surface area contributed by atoms with Crippen LogP contribution in [-0.4, -0.2) is 25.7 Å². The highest BCUT2D eigenvalue weighted by Crippen LogP contribution is 2.17. The molecule has 1 aliphatic heterocycles. The van der Waals surface area contributed by atoms with E-state index in [1.54, 1.807) is 0 Å². The maximum Gasteiger partial charge on any atom is 0.220 e. The third kappa shape index (κ3) is 5.43. The molecule has 0 radical (unpaired) electrons. The van der Waals surface area contributed by atoms with E-state index in [4.69, 9.17) is 4.74 Å². The van der Waals surface area contributed by atoms with E-state index < -0.39 is 0 Å². The van der Waals surface area contributed by atoms with Crippen LogP contribution in [0.5, 0.6) is 0 Å². The number of hydrogen-bond donors (Lipinski definition) is 1. The summed E-state index contributed by atoms with van der Waals surface area (Å²) in [5, 5.41) is 3.02. The lowest BCUT2D eigenvalue weighted by Crippen LogP contribution is -2.28. The van der Waals surface area contributed by atoms with Crippen molar-refractivity contribution < 1.29 is 9.53 Å². The molecule has 1 N–H and O–H groups in total. The smallest absolute Gasteiger partial charge is 0.220 e. The Morgan fingerprint density at radius 1 is 1.21 bits per heavy atom. The summed E-state index contributed by atoms with van der Waals surface area (Å²) in [5.41, 5.74) is 1.33. The SMILES string of the molecule is O=C(CC1CCOCC1)NCCCc1ccccc1. The number of benzene rings is 1. The first-order valence-electron chi connectivity index (χ1n) is 7.23. The number of hydrogen-bond acceptors (Lipinski definition) is 2. The number of aryl methyl sites for hydroxylation is 1. The van der Waals surface area contributed by atoms with Gasteiger partial charge in [-0.3, -0.25) is 4.79 Å². The molecule has 0 aromatic heterocycles. The Morgan fingerprint density at radius 3 is 2.68 bits per heavy atom. The number of carbonyl (C=O) groups excluding carboxylic acids is 1. The van der Waals surface area contributed by atoms with Crippen molar-refractivity contribution in [3.63, 3.8) is 0 Å². The van der Waals surface area contributed by atoms with Crippen molar-refractivity contribution in [3.05, 3.63) is 35.9 Å². The summed E-state index contributed by atoms with van der Waals surface area (Å²) < 4.78 is 5.30. The predicted molar refractivity (Wildman–Crippen MR) is 75.9 cm³/mol. The Labute approximate surface area is 115 Å². The minimum atomic E-state index is 0.194. The fraction of sp³-hybridized carbons (Fsp3) is 0.562. The van der Waals surface area contributed by atoms with Crippen LogP contribution in [0.4, 0.5) is 0 Å². The van der Waals surface area contributed by atoms with E-state index in [-0.39, 0.29) is 5.91 Å². The zero-order valence-corrected chi connectivity index (χ0v) is 11.4. The zero-order chi connectivity index (χ0) is 13.3. The van der Waals surface area contributed by atoms with Crippen LogP contribution in [0.25, 0.3) is 0 Å². The lowest BCUT2D eigenvalue weighted by atomic mass is 9.96. The van der Waals surface area contributed by atoms with Crippen LogP contribution < -0.4 is 5.32 Å². The Bertz CT molecular complexity index is 372. The van der Waals surface area contributed by atoms with Gasteiger partial charge in [-0.15, -0.1) is 0 Å². The van der Waals surface area contributed by atoms with Crippen molar-refractivity contribution >= 4 is 5.91 Å². The summed E-state index contributed by atoms with van der Waals surface area (Å²) in [5.74, 6) is 0.711. The van der Waals surface area contributed by atoms with Gasteiger partial charge in [-0.1, -0.05) is 30.3 Å². The first-order chi connectivity index (χ1) is 9.34. The van der Waals surface area contributed by atoms with Gasteiger partial charge in [0.1, 0.15) is 0 Å². The minimum absolute atomic E-state index is 0.194. The second kappa shape index (κ2) is 7.95. The van der Waals surface area contributed by atoms with Crippen molar-refractivity contribution in [1.82, 2.24) is 5.32 Å². The van der Waals surface area contributed by atoms with E-state index in [2.05, 4.69) is 29.6 Å². The molecule has 1 saturated heterocycles. The molecule has 1 aromatic carbocycles.